The molecule has 0 aliphatic carbocycles. The Morgan fingerprint density at radius 3 is 2.48 bits per heavy atom. The standard InChI is InChI=1S/C17H25N7O3/c1-3-23-16(26)14(12(25)9-22-7-5-4-6-8-22)15(18)24(17(23)27)10-13-19-11-21(2)20-13/h11H,3-10,18H2,1-2H3. The van der Waals surface area contributed by atoms with Crippen molar-refractivity contribution < 1.29 is 4.79 Å². The molecule has 3 rings (SSSR count). The lowest BCUT2D eigenvalue weighted by molar-refractivity contribution is 0.0913. The first-order valence-electron chi connectivity index (χ1n) is 9.15. The average Bonchev–Trinajstić information content (AvgIpc) is 3.05. The van der Waals surface area contributed by atoms with E-state index in [0.29, 0.717) is 5.82 Å². The van der Waals surface area contributed by atoms with Crippen LogP contribution in [0.25, 0.3) is 0 Å². The summed E-state index contributed by atoms with van der Waals surface area (Å²) in [6.45, 7) is 3.61. The molecule has 2 aromatic heterocycles. The van der Waals surface area contributed by atoms with Gasteiger partial charge >= 0.3 is 5.69 Å². The molecule has 0 aromatic carbocycles. The van der Waals surface area contributed by atoms with E-state index in [1.165, 1.54) is 15.6 Å². The summed E-state index contributed by atoms with van der Waals surface area (Å²) < 4.78 is 3.74. The summed E-state index contributed by atoms with van der Waals surface area (Å²) in [6, 6.07) is 0. The van der Waals surface area contributed by atoms with Crippen LogP contribution in [0, 0.1) is 0 Å². The Bertz CT molecular complexity index is 950. The average molecular weight is 375 g/mol. The van der Waals surface area contributed by atoms with Crippen LogP contribution < -0.4 is 17.0 Å². The number of rotatable bonds is 6. The topological polar surface area (TPSA) is 121 Å². The van der Waals surface area contributed by atoms with E-state index in [2.05, 4.69) is 10.1 Å². The van der Waals surface area contributed by atoms with Gasteiger partial charge in [0.05, 0.1) is 13.1 Å². The fourth-order valence-electron chi connectivity index (χ4n) is 3.41. The molecule has 2 aromatic rings. The number of nitrogens with two attached hydrogens (primary N) is 1. The van der Waals surface area contributed by atoms with Gasteiger partial charge in [-0.25, -0.2) is 9.78 Å². The van der Waals surface area contributed by atoms with Crippen molar-refractivity contribution in [1.82, 2.24) is 28.8 Å². The summed E-state index contributed by atoms with van der Waals surface area (Å²) in [5.41, 5.74) is 4.79. The molecule has 0 unspecified atom stereocenters. The van der Waals surface area contributed by atoms with E-state index in [0.717, 1.165) is 36.9 Å². The maximum Gasteiger partial charge on any atom is 0.333 e. The summed E-state index contributed by atoms with van der Waals surface area (Å²) in [5.74, 6) is -0.101. The second kappa shape index (κ2) is 7.87. The molecule has 1 aliphatic heterocycles. The number of piperidine rings is 1. The van der Waals surface area contributed by atoms with Crippen LogP contribution in [0.4, 0.5) is 5.82 Å². The molecule has 146 valence electrons. The number of anilines is 1. The predicted molar refractivity (Wildman–Crippen MR) is 99.8 cm³/mol. The van der Waals surface area contributed by atoms with Gasteiger partial charge in [0.25, 0.3) is 5.56 Å². The van der Waals surface area contributed by atoms with Crippen molar-refractivity contribution in [3.05, 3.63) is 38.6 Å². The van der Waals surface area contributed by atoms with Gasteiger partial charge in [0.15, 0.2) is 11.6 Å². The van der Waals surface area contributed by atoms with Gasteiger partial charge in [0.1, 0.15) is 17.7 Å². The Morgan fingerprint density at radius 2 is 1.89 bits per heavy atom. The van der Waals surface area contributed by atoms with Gasteiger partial charge in [-0.15, -0.1) is 0 Å². The number of nitrogens with zero attached hydrogens (tertiary/aromatic N) is 6. The summed E-state index contributed by atoms with van der Waals surface area (Å²) in [6.07, 6.45) is 4.73. The number of aromatic nitrogens is 5. The van der Waals surface area contributed by atoms with Crippen molar-refractivity contribution in [2.45, 2.75) is 39.3 Å². The third-order valence-electron chi connectivity index (χ3n) is 4.83. The lowest BCUT2D eigenvalue weighted by atomic mass is 10.1. The summed E-state index contributed by atoms with van der Waals surface area (Å²) >= 11 is 0. The maximum absolute atomic E-state index is 12.9. The largest absolute Gasteiger partial charge is 0.384 e. The van der Waals surface area contributed by atoms with Gasteiger partial charge in [-0.3, -0.25) is 28.3 Å². The first-order chi connectivity index (χ1) is 12.9. The number of ketones is 1. The minimum absolute atomic E-state index is 0.00419. The number of Topliss-reactive ketones (excluding diaryl/α,β-unsaturated/α-hetero) is 1. The van der Waals surface area contributed by atoms with Crippen LogP contribution in [0.5, 0.6) is 0 Å². The van der Waals surface area contributed by atoms with E-state index >= 15 is 0 Å². The van der Waals surface area contributed by atoms with E-state index < -0.39 is 11.2 Å². The SMILES string of the molecule is CCn1c(=O)c(C(=O)CN2CCCCC2)c(N)n(Cc2ncn(C)n2)c1=O. The molecule has 1 saturated heterocycles. The van der Waals surface area contributed by atoms with E-state index in [4.69, 9.17) is 5.73 Å². The molecule has 1 fully saturated rings. The second-order valence-electron chi connectivity index (χ2n) is 6.77. The van der Waals surface area contributed by atoms with Gasteiger partial charge in [-0.2, -0.15) is 5.10 Å². The molecule has 2 N–H and O–H groups in total. The highest BCUT2D eigenvalue weighted by Gasteiger charge is 2.25. The van der Waals surface area contributed by atoms with Crippen LogP contribution >= 0.6 is 0 Å². The fraction of sp³-hybridized carbons (Fsp3) is 0.588. The molecule has 27 heavy (non-hydrogen) atoms. The lowest BCUT2D eigenvalue weighted by Crippen LogP contribution is -2.45. The number of nitrogen functional groups attached to an aromatic ring is 1. The molecule has 3 heterocycles. The van der Waals surface area contributed by atoms with Crippen LogP contribution in [0.1, 0.15) is 42.4 Å². The molecule has 10 nitrogen and oxygen atoms in total. The molecule has 0 radical (unpaired) electrons. The second-order valence-corrected chi connectivity index (χ2v) is 6.77. The van der Waals surface area contributed by atoms with Crippen molar-refractivity contribution in [2.75, 3.05) is 25.4 Å². The minimum Gasteiger partial charge on any atom is -0.384 e. The first kappa shape index (κ1) is 19.0. The fourth-order valence-corrected chi connectivity index (χ4v) is 3.41. The Hall–Kier alpha value is -2.75. The lowest BCUT2D eigenvalue weighted by Gasteiger charge is -2.25. The minimum atomic E-state index is -0.632. The van der Waals surface area contributed by atoms with Crippen LogP contribution in [0.2, 0.25) is 0 Å². The van der Waals surface area contributed by atoms with Crippen LogP contribution in [-0.4, -0.2) is 54.2 Å². The molecule has 0 atom stereocenters. The maximum atomic E-state index is 12.9. The summed E-state index contributed by atoms with van der Waals surface area (Å²) in [4.78, 5) is 44.4. The van der Waals surface area contributed by atoms with Crippen molar-refractivity contribution in [1.29, 1.82) is 0 Å². The van der Waals surface area contributed by atoms with Gasteiger partial charge in [0.2, 0.25) is 0 Å². The summed E-state index contributed by atoms with van der Waals surface area (Å²) in [7, 11) is 1.71. The zero-order valence-corrected chi connectivity index (χ0v) is 15.7. The number of carbonyl (C=O) groups is 1. The van der Waals surface area contributed by atoms with Gasteiger partial charge in [-0.05, 0) is 32.9 Å². The number of carbonyl (C=O) groups excluding carboxylic acids is 1. The van der Waals surface area contributed by atoms with Gasteiger partial charge in [-0.1, -0.05) is 6.42 Å². The molecular weight excluding hydrogens is 350 g/mol. The predicted octanol–water partition coefficient (Wildman–Crippen LogP) is -0.542. The van der Waals surface area contributed by atoms with E-state index in [1.54, 1.807) is 14.0 Å². The smallest absolute Gasteiger partial charge is 0.333 e. The first-order valence-corrected chi connectivity index (χ1v) is 9.15. The van der Waals surface area contributed by atoms with Gasteiger partial charge < -0.3 is 5.73 Å². The van der Waals surface area contributed by atoms with Crippen LogP contribution in [0.15, 0.2) is 15.9 Å². The molecule has 10 heteroatoms. The highest BCUT2D eigenvalue weighted by atomic mass is 16.2. The molecule has 0 saturated carbocycles. The van der Waals surface area contributed by atoms with Crippen LogP contribution in [-0.2, 0) is 20.1 Å². The highest BCUT2D eigenvalue weighted by molar-refractivity contribution is 6.01. The van der Waals surface area contributed by atoms with Crippen molar-refractivity contribution in [2.24, 2.45) is 7.05 Å². The molecule has 1 aliphatic rings. The van der Waals surface area contributed by atoms with E-state index in [1.807, 2.05) is 4.90 Å². The zero-order valence-electron chi connectivity index (χ0n) is 15.7. The molecule has 0 bridgehead atoms. The monoisotopic (exact) mass is 375 g/mol. The number of hydrogen-bond donors (Lipinski definition) is 1. The Labute approximate surface area is 156 Å². The molecule has 0 amide bonds. The Morgan fingerprint density at radius 1 is 1.19 bits per heavy atom. The Kier molecular flexibility index (Phi) is 5.54. The quantitative estimate of drug-likeness (QED) is 0.673. The summed E-state index contributed by atoms with van der Waals surface area (Å²) in [5, 5.41) is 4.14. The number of hydrogen-bond acceptors (Lipinski definition) is 7. The molecule has 0 spiro atoms. The number of aryl methyl sites for hydroxylation is 1. The zero-order chi connectivity index (χ0) is 19.6. The van der Waals surface area contributed by atoms with E-state index in [-0.39, 0.29) is 36.8 Å². The normalized spacial score (nSPS) is 15.2. The van der Waals surface area contributed by atoms with Crippen molar-refractivity contribution in [3.8, 4) is 0 Å². The van der Waals surface area contributed by atoms with Gasteiger partial charge in [0, 0.05) is 13.6 Å². The molecular formula is C17H25N7O3. The van der Waals surface area contributed by atoms with E-state index in [9.17, 15) is 14.4 Å². The third-order valence-corrected chi connectivity index (χ3v) is 4.83. The van der Waals surface area contributed by atoms with Crippen LogP contribution in [0.3, 0.4) is 0 Å². The third kappa shape index (κ3) is 3.85. The van der Waals surface area contributed by atoms with Crippen molar-refractivity contribution in [3.63, 3.8) is 0 Å². The number of likely N-dealkylation sites (tertiary alicyclic amines) is 1. The Balaban J connectivity index is 2.01. The van der Waals surface area contributed by atoms with Crippen molar-refractivity contribution >= 4 is 11.6 Å². The highest BCUT2D eigenvalue weighted by Crippen LogP contribution is 2.12.